The van der Waals surface area contributed by atoms with Gasteiger partial charge in [0.05, 0.1) is 17.2 Å². The van der Waals surface area contributed by atoms with E-state index in [0.717, 1.165) is 34.9 Å². The van der Waals surface area contributed by atoms with Crippen molar-refractivity contribution in [2.45, 2.75) is 19.1 Å². The van der Waals surface area contributed by atoms with Crippen molar-refractivity contribution in [2.24, 2.45) is 0 Å². The van der Waals surface area contributed by atoms with Crippen molar-refractivity contribution in [3.8, 4) is 0 Å². The second-order valence-electron chi connectivity index (χ2n) is 8.67. The van der Waals surface area contributed by atoms with Crippen LogP contribution in [0.5, 0.6) is 0 Å². The van der Waals surface area contributed by atoms with Gasteiger partial charge in [-0.2, -0.15) is 13.2 Å². The Balaban J connectivity index is 1.95. The summed E-state index contributed by atoms with van der Waals surface area (Å²) in [4.78, 5) is 29.1. The van der Waals surface area contributed by atoms with E-state index in [0.29, 0.717) is 5.56 Å². The molecule has 1 N–H and O–H groups in total. The maximum Gasteiger partial charge on any atom is 0.416 e. The highest BCUT2D eigenvalue weighted by Crippen LogP contribution is 2.43. The number of aryl methyl sites for hydroxylation is 1. The molecule has 9 heteroatoms. The molecular formula is C27H22F4N2O3. The SMILES string of the molecule is Cc1cc(/C(O)=C2\C(=O)C(=O)N(c3cccc(C(F)(F)F)c3)C2c2ccc(N(C)C)cc2)ccc1F. The smallest absolute Gasteiger partial charge is 0.416 e. The number of rotatable bonds is 4. The van der Waals surface area contributed by atoms with Crippen molar-refractivity contribution in [3.63, 3.8) is 0 Å². The van der Waals surface area contributed by atoms with E-state index in [-0.39, 0.29) is 22.4 Å². The summed E-state index contributed by atoms with van der Waals surface area (Å²) in [5, 5.41) is 11.1. The first-order valence-corrected chi connectivity index (χ1v) is 10.9. The van der Waals surface area contributed by atoms with E-state index in [2.05, 4.69) is 0 Å². The molecule has 36 heavy (non-hydrogen) atoms. The van der Waals surface area contributed by atoms with Crippen LogP contribution in [0, 0.1) is 12.7 Å². The number of carbonyl (C=O) groups excluding carboxylic acids is 2. The fraction of sp³-hybridized carbons (Fsp3) is 0.185. The number of carbonyl (C=O) groups is 2. The average Bonchev–Trinajstić information content (AvgIpc) is 3.10. The summed E-state index contributed by atoms with van der Waals surface area (Å²) in [6, 6.07) is 13.3. The lowest BCUT2D eigenvalue weighted by Crippen LogP contribution is -2.29. The van der Waals surface area contributed by atoms with Crippen molar-refractivity contribution in [1.29, 1.82) is 0 Å². The van der Waals surface area contributed by atoms with E-state index in [1.165, 1.54) is 25.1 Å². The van der Waals surface area contributed by atoms with Gasteiger partial charge in [-0.05, 0) is 66.6 Å². The molecule has 3 aromatic carbocycles. The van der Waals surface area contributed by atoms with Crippen molar-refractivity contribution in [3.05, 3.63) is 100 Å². The number of halogens is 4. The number of anilines is 2. The third-order valence-corrected chi connectivity index (χ3v) is 6.05. The van der Waals surface area contributed by atoms with Crippen LogP contribution in [0.3, 0.4) is 0 Å². The fourth-order valence-electron chi connectivity index (χ4n) is 4.15. The Kier molecular flexibility index (Phi) is 6.34. The number of nitrogens with zero attached hydrogens (tertiary/aromatic N) is 2. The summed E-state index contributed by atoms with van der Waals surface area (Å²) in [6.07, 6.45) is -4.67. The first kappa shape index (κ1) is 25.0. The Hall–Kier alpha value is -4.14. The molecule has 1 amide bonds. The zero-order valence-electron chi connectivity index (χ0n) is 19.6. The van der Waals surface area contributed by atoms with E-state index in [9.17, 15) is 32.3 Å². The monoisotopic (exact) mass is 498 g/mol. The molecular weight excluding hydrogens is 476 g/mol. The summed E-state index contributed by atoms with van der Waals surface area (Å²) in [6.45, 7) is 1.48. The third-order valence-electron chi connectivity index (χ3n) is 6.05. The van der Waals surface area contributed by atoms with Gasteiger partial charge in [0, 0.05) is 31.0 Å². The van der Waals surface area contributed by atoms with Crippen LogP contribution in [-0.4, -0.2) is 30.9 Å². The number of hydrogen-bond donors (Lipinski definition) is 1. The molecule has 0 spiro atoms. The molecule has 0 saturated carbocycles. The zero-order valence-corrected chi connectivity index (χ0v) is 19.6. The zero-order chi connectivity index (χ0) is 26.4. The normalized spacial score (nSPS) is 17.5. The molecule has 186 valence electrons. The summed E-state index contributed by atoms with van der Waals surface area (Å²) in [5.41, 5.74) is 0.0761. The molecule has 3 aromatic rings. The molecule has 0 radical (unpaired) electrons. The van der Waals surface area contributed by atoms with Crippen LogP contribution in [0.15, 0.2) is 72.3 Å². The van der Waals surface area contributed by atoms with E-state index in [4.69, 9.17) is 0 Å². The second kappa shape index (κ2) is 9.14. The lowest BCUT2D eigenvalue weighted by atomic mass is 9.94. The van der Waals surface area contributed by atoms with Crippen molar-refractivity contribution in [1.82, 2.24) is 0 Å². The topological polar surface area (TPSA) is 60.9 Å². The Morgan fingerprint density at radius 2 is 1.64 bits per heavy atom. The highest BCUT2D eigenvalue weighted by molar-refractivity contribution is 6.51. The van der Waals surface area contributed by atoms with Crippen LogP contribution in [0.2, 0.25) is 0 Å². The highest BCUT2D eigenvalue weighted by atomic mass is 19.4. The standard InChI is InChI=1S/C27H22F4N2O3/c1-15-13-17(9-12-21(15)28)24(34)22-23(16-7-10-19(11-8-16)32(2)3)33(26(36)25(22)35)20-6-4-5-18(14-20)27(29,30)31/h4-14,23,34H,1-3H3/b24-22+. The van der Waals surface area contributed by atoms with Gasteiger partial charge in [0.25, 0.3) is 11.7 Å². The quantitative estimate of drug-likeness (QED) is 0.212. The molecule has 5 nitrogen and oxygen atoms in total. The van der Waals surface area contributed by atoms with E-state index in [1.807, 2.05) is 19.0 Å². The Morgan fingerprint density at radius 1 is 0.972 bits per heavy atom. The van der Waals surface area contributed by atoms with Crippen LogP contribution >= 0.6 is 0 Å². The molecule has 1 aliphatic heterocycles. The van der Waals surface area contributed by atoms with Gasteiger partial charge in [-0.15, -0.1) is 0 Å². The van der Waals surface area contributed by atoms with Crippen LogP contribution in [0.25, 0.3) is 5.76 Å². The molecule has 4 rings (SSSR count). The Bertz CT molecular complexity index is 1380. The first-order valence-electron chi connectivity index (χ1n) is 10.9. The number of alkyl halides is 3. The van der Waals surface area contributed by atoms with Gasteiger partial charge in [-0.1, -0.05) is 18.2 Å². The molecule has 1 atom stereocenters. The largest absolute Gasteiger partial charge is 0.507 e. The van der Waals surface area contributed by atoms with Gasteiger partial charge >= 0.3 is 6.18 Å². The minimum atomic E-state index is -4.67. The summed E-state index contributed by atoms with van der Waals surface area (Å²) >= 11 is 0. The van der Waals surface area contributed by atoms with Crippen molar-refractivity contribution in [2.75, 3.05) is 23.9 Å². The van der Waals surface area contributed by atoms with Crippen molar-refractivity contribution < 1.29 is 32.3 Å². The van der Waals surface area contributed by atoms with E-state index < -0.39 is 41.0 Å². The van der Waals surface area contributed by atoms with Crippen LogP contribution in [-0.2, 0) is 15.8 Å². The maximum atomic E-state index is 13.8. The van der Waals surface area contributed by atoms with Gasteiger partial charge in [-0.25, -0.2) is 4.39 Å². The first-order chi connectivity index (χ1) is 16.9. The summed E-state index contributed by atoms with van der Waals surface area (Å²) in [7, 11) is 3.64. The Labute approximate surface area is 204 Å². The molecule has 1 heterocycles. The molecule has 1 unspecified atom stereocenters. The van der Waals surface area contributed by atoms with E-state index in [1.54, 1.807) is 24.3 Å². The maximum absolute atomic E-state index is 13.8. The third kappa shape index (κ3) is 4.44. The number of Topliss-reactive ketones (excluding diaryl/α,β-unsaturated/α-hetero) is 1. The summed E-state index contributed by atoms with van der Waals surface area (Å²) < 4.78 is 54.0. The van der Waals surface area contributed by atoms with Gasteiger partial charge in [0.1, 0.15) is 11.6 Å². The van der Waals surface area contributed by atoms with Gasteiger partial charge in [0.2, 0.25) is 0 Å². The molecule has 0 aliphatic carbocycles. The van der Waals surface area contributed by atoms with E-state index >= 15 is 0 Å². The number of hydrogen-bond acceptors (Lipinski definition) is 4. The average molecular weight is 498 g/mol. The van der Waals surface area contributed by atoms with Gasteiger partial charge < -0.3 is 10.0 Å². The second-order valence-corrected chi connectivity index (χ2v) is 8.67. The highest BCUT2D eigenvalue weighted by Gasteiger charge is 2.47. The molecule has 0 aromatic heterocycles. The van der Waals surface area contributed by atoms with Crippen molar-refractivity contribution >= 4 is 28.8 Å². The number of aliphatic hydroxyl groups is 1. The number of amides is 1. The predicted octanol–water partition coefficient (Wildman–Crippen LogP) is 5.85. The molecule has 1 aliphatic rings. The van der Waals surface area contributed by atoms with Crippen LogP contribution in [0.4, 0.5) is 28.9 Å². The lowest BCUT2D eigenvalue weighted by Gasteiger charge is -2.26. The summed E-state index contributed by atoms with van der Waals surface area (Å²) in [5.74, 6) is -3.22. The number of benzene rings is 3. The minimum absolute atomic E-state index is 0.103. The van der Waals surface area contributed by atoms with Crippen LogP contribution in [0.1, 0.15) is 28.3 Å². The van der Waals surface area contributed by atoms with Gasteiger partial charge in [-0.3, -0.25) is 14.5 Å². The molecule has 1 saturated heterocycles. The lowest BCUT2D eigenvalue weighted by molar-refractivity contribution is -0.137. The fourth-order valence-corrected chi connectivity index (χ4v) is 4.15. The van der Waals surface area contributed by atoms with Crippen LogP contribution < -0.4 is 9.80 Å². The number of aliphatic hydroxyl groups excluding tert-OH is 1. The van der Waals surface area contributed by atoms with Gasteiger partial charge in [0.15, 0.2) is 0 Å². The molecule has 1 fully saturated rings. The minimum Gasteiger partial charge on any atom is -0.507 e. The molecule has 0 bridgehead atoms. The Morgan fingerprint density at radius 3 is 2.22 bits per heavy atom. The predicted molar refractivity (Wildman–Crippen MR) is 128 cm³/mol. The number of ketones is 1.